The molecule has 1 aliphatic heterocycles. The normalized spacial score (nSPS) is 14.4. The summed E-state index contributed by atoms with van der Waals surface area (Å²) < 4.78 is 0. The van der Waals surface area contributed by atoms with E-state index >= 15 is 0 Å². The zero-order valence-electron chi connectivity index (χ0n) is 13.6. The van der Waals surface area contributed by atoms with E-state index in [2.05, 4.69) is 11.0 Å². The highest BCUT2D eigenvalue weighted by Crippen LogP contribution is 2.25. The Balaban J connectivity index is 1.72. The van der Waals surface area contributed by atoms with Crippen LogP contribution in [0, 0.1) is 10.1 Å². The number of hydrogen-bond donors (Lipinski definition) is 1. The predicted octanol–water partition coefficient (Wildman–Crippen LogP) is 3.25. The third-order valence-electron chi connectivity index (χ3n) is 4.34. The zero-order valence-corrected chi connectivity index (χ0v) is 13.6. The minimum Gasteiger partial charge on any atom is -0.478 e. The third kappa shape index (κ3) is 4.10. The van der Waals surface area contributed by atoms with E-state index < -0.39 is 10.9 Å². The number of carboxylic acids is 1. The first-order valence-electron chi connectivity index (χ1n) is 8.00. The molecule has 6 heteroatoms. The Hall–Kier alpha value is -2.99. The lowest BCUT2D eigenvalue weighted by Gasteiger charge is -2.29. The van der Waals surface area contributed by atoms with Gasteiger partial charge in [0.25, 0.3) is 5.69 Å². The van der Waals surface area contributed by atoms with Crippen LogP contribution in [0.15, 0.2) is 48.5 Å². The maximum Gasteiger partial charge on any atom is 0.328 e. The van der Waals surface area contributed by atoms with E-state index in [9.17, 15) is 14.9 Å². The molecule has 3 rings (SSSR count). The molecule has 25 heavy (non-hydrogen) atoms. The molecule has 0 amide bonds. The number of aliphatic carboxylic acids is 1. The van der Waals surface area contributed by atoms with Gasteiger partial charge in [0.05, 0.1) is 4.92 Å². The third-order valence-corrected chi connectivity index (χ3v) is 4.34. The number of nitrogens with zero attached hydrogens (tertiary/aromatic N) is 2. The Morgan fingerprint density at radius 2 is 2.00 bits per heavy atom. The van der Waals surface area contributed by atoms with Gasteiger partial charge in [-0.05, 0) is 34.8 Å². The summed E-state index contributed by atoms with van der Waals surface area (Å²) in [6.07, 6.45) is 3.66. The highest BCUT2D eigenvalue weighted by atomic mass is 16.6. The second-order valence-electron chi connectivity index (χ2n) is 6.04. The zero-order chi connectivity index (χ0) is 17.8. The van der Waals surface area contributed by atoms with Crippen LogP contribution in [0.3, 0.4) is 0 Å². The lowest BCUT2D eigenvalue weighted by molar-refractivity contribution is -0.384. The highest BCUT2D eigenvalue weighted by Gasteiger charge is 2.18. The first-order valence-corrected chi connectivity index (χ1v) is 8.00. The summed E-state index contributed by atoms with van der Waals surface area (Å²) >= 11 is 0. The molecule has 0 fully saturated rings. The molecule has 2 aromatic rings. The van der Waals surface area contributed by atoms with Gasteiger partial charge in [-0.1, -0.05) is 30.3 Å². The van der Waals surface area contributed by atoms with Crippen molar-refractivity contribution < 1.29 is 14.8 Å². The van der Waals surface area contributed by atoms with E-state index in [0.29, 0.717) is 0 Å². The summed E-state index contributed by atoms with van der Waals surface area (Å²) in [5, 5.41) is 19.5. The van der Waals surface area contributed by atoms with Crippen molar-refractivity contribution in [1.82, 2.24) is 4.90 Å². The summed E-state index contributed by atoms with van der Waals surface area (Å²) in [6.45, 7) is 2.37. The Labute approximate surface area is 145 Å². The summed E-state index contributed by atoms with van der Waals surface area (Å²) in [5.74, 6) is -0.951. The monoisotopic (exact) mass is 338 g/mol. The molecule has 1 heterocycles. The number of nitro groups is 1. The van der Waals surface area contributed by atoms with Crippen LogP contribution in [0.2, 0.25) is 0 Å². The molecule has 128 valence electrons. The Morgan fingerprint density at radius 3 is 2.68 bits per heavy atom. The van der Waals surface area contributed by atoms with E-state index in [1.807, 2.05) is 12.1 Å². The van der Waals surface area contributed by atoms with Crippen LogP contribution >= 0.6 is 0 Å². The molecule has 0 saturated heterocycles. The fourth-order valence-electron chi connectivity index (χ4n) is 3.13. The van der Waals surface area contributed by atoms with Crippen molar-refractivity contribution in [2.45, 2.75) is 19.5 Å². The molecule has 1 aliphatic rings. The van der Waals surface area contributed by atoms with Gasteiger partial charge in [-0.25, -0.2) is 4.79 Å². The van der Waals surface area contributed by atoms with E-state index in [0.717, 1.165) is 37.2 Å². The predicted molar refractivity (Wildman–Crippen MR) is 94.0 cm³/mol. The number of carboxylic acid groups (broad SMARTS) is 1. The van der Waals surface area contributed by atoms with Gasteiger partial charge in [-0.15, -0.1) is 0 Å². The molecular weight excluding hydrogens is 320 g/mol. The molecule has 0 saturated carbocycles. The van der Waals surface area contributed by atoms with Gasteiger partial charge < -0.3 is 5.11 Å². The molecular formula is C19H18N2O4. The van der Waals surface area contributed by atoms with Crippen molar-refractivity contribution >= 4 is 17.7 Å². The van der Waals surface area contributed by atoms with Crippen LogP contribution < -0.4 is 0 Å². The van der Waals surface area contributed by atoms with Crippen molar-refractivity contribution in [2.24, 2.45) is 0 Å². The first kappa shape index (κ1) is 16.9. The SMILES string of the molecule is O=C(O)/C=C/c1cccc2c1CCN(Cc1ccc([N+](=O)[O-])cc1)C2. The van der Waals surface area contributed by atoms with Crippen molar-refractivity contribution in [3.8, 4) is 0 Å². The van der Waals surface area contributed by atoms with Crippen LogP contribution in [0.5, 0.6) is 0 Å². The van der Waals surface area contributed by atoms with Gasteiger partial charge in [-0.3, -0.25) is 15.0 Å². The standard InChI is InChI=1S/C19H18N2O4/c22-19(23)9-6-15-2-1-3-16-13-20(11-10-18(15)16)12-14-4-7-17(8-5-14)21(24)25/h1-9H,10-13H2,(H,22,23)/b9-6+. The lowest BCUT2D eigenvalue weighted by Crippen LogP contribution is -2.30. The van der Waals surface area contributed by atoms with Crippen molar-refractivity contribution in [2.75, 3.05) is 6.54 Å². The number of hydrogen-bond acceptors (Lipinski definition) is 4. The number of benzene rings is 2. The fraction of sp³-hybridized carbons (Fsp3) is 0.211. The van der Waals surface area contributed by atoms with E-state index in [1.54, 1.807) is 18.2 Å². The fourth-order valence-corrected chi connectivity index (χ4v) is 3.13. The lowest BCUT2D eigenvalue weighted by atomic mass is 9.94. The van der Waals surface area contributed by atoms with Gasteiger partial charge in [0.1, 0.15) is 0 Å². The maximum absolute atomic E-state index is 10.7. The second-order valence-corrected chi connectivity index (χ2v) is 6.04. The molecule has 0 aliphatic carbocycles. The quantitative estimate of drug-likeness (QED) is 0.514. The smallest absolute Gasteiger partial charge is 0.328 e. The molecule has 0 spiro atoms. The molecule has 0 aromatic heterocycles. The number of rotatable bonds is 5. The molecule has 6 nitrogen and oxygen atoms in total. The summed E-state index contributed by atoms with van der Waals surface area (Å²) in [7, 11) is 0. The Bertz CT molecular complexity index is 828. The van der Waals surface area contributed by atoms with Gasteiger partial charge in [0, 0.05) is 37.8 Å². The van der Waals surface area contributed by atoms with E-state index in [4.69, 9.17) is 5.11 Å². The van der Waals surface area contributed by atoms with Gasteiger partial charge in [0.15, 0.2) is 0 Å². The summed E-state index contributed by atoms with van der Waals surface area (Å²) in [6, 6.07) is 12.6. The van der Waals surface area contributed by atoms with Crippen LogP contribution in [0.1, 0.15) is 22.3 Å². The molecule has 1 N–H and O–H groups in total. The van der Waals surface area contributed by atoms with E-state index in [-0.39, 0.29) is 5.69 Å². The van der Waals surface area contributed by atoms with Gasteiger partial charge >= 0.3 is 5.97 Å². The summed E-state index contributed by atoms with van der Waals surface area (Å²) in [4.78, 5) is 23.3. The minimum atomic E-state index is -0.951. The number of fused-ring (bicyclic) bond motifs is 1. The molecule has 0 unspecified atom stereocenters. The Morgan fingerprint density at radius 1 is 1.24 bits per heavy atom. The number of carbonyl (C=O) groups is 1. The molecule has 0 bridgehead atoms. The average molecular weight is 338 g/mol. The Kier molecular flexibility index (Phi) is 4.90. The minimum absolute atomic E-state index is 0.0996. The maximum atomic E-state index is 10.7. The average Bonchev–Trinajstić information content (AvgIpc) is 2.60. The first-order chi connectivity index (χ1) is 12.0. The largest absolute Gasteiger partial charge is 0.478 e. The van der Waals surface area contributed by atoms with Gasteiger partial charge in [-0.2, -0.15) is 0 Å². The van der Waals surface area contributed by atoms with Crippen molar-refractivity contribution in [1.29, 1.82) is 0 Å². The molecule has 0 atom stereocenters. The van der Waals surface area contributed by atoms with Crippen molar-refractivity contribution in [3.05, 3.63) is 80.9 Å². The van der Waals surface area contributed by atoms with Crippen LogP contribution in [0.25, 0.3) is 6.08 Å². The topological polar surface area (TPSA) is 83.7 Å². The van der Waals surface area contributed by atoms with Crippen LogP contribution in [-0.2, 0) is 24.3 Å². The van der Waals surface area contributed by atoms with E-state index in [1.165, 1.54) is 29.3 Å². The van der Waals surface area contributed by atoms with Gasteiger partial charge in [0.2, 0.25) is 0 Å². The molecule has 0 radical (unpaired) electrons. The number of nitro benzene ring substituents is 1. The van der Waals surface area contributed by atoms with Crippen LogP contribution in [-0.4, -0.2) is 27.4 Å². The van der Waals surface area contributed by atoms with Crippen LogP contribution in [0.4, 0.5) is 5.69 Å². The number of non-ortho nitro benzene ring substituents is 1. The van der Waals surface area contributed by atoms with Crippen molar-refractivity contribution in [3.63, 3.8) is 0 Å². The molecule has 2 aromatic carbocycles. The highest BCUT2D eigenvalue weighted by molar-refractivity contribution is 5.85. The summed E-state index contributed by atoms with van der Waals surface area (Å²) in [5.41, 5.74) is 4.48. The second kappa shape index (κ2) is 7.27.